The summed E-state index contributed by atoms with van der Waals surface area (Å²) < 4.78 is 1.13. The lowest BCUT2D eigenvalue weighted by atomic mass is 10.1. The fraction of sp³-hybridized carbons (Fsp3) is 0.118. The Morgan fingerprint density at radius 3 is 2.71 bits per heavy atom. The number of rotatable bonds is 2. The SMILES string of the molecule is OC(c1ccccc1)c1nc2c(s1)Cc1c(Br)cccc1-2. The molecule has 1 aliphatic rings. The number of thiazole rings is 1. The van der Waals surface area contributed by atoms with Crippen LogP contribution in [0.3, 0.4) is 0 Å². The smallest absolute Gasteiger partial charge is 0.131 e. The van der Waals surface area contributed by atoms with E-state index in [0.29, 0.717) is 0 Å². The largest absolute Gasteiger partial charge is 0.381 e. The van der Waals surface area contributed by atoms with Gasteiger partial charge in [0, 0.05) is 21.3 Å². The molecule has 1 atom stereocenters. The Morgan fingerprint density at radius 1 is 1.10 bits per heavy atom. The third-order valence-corrected chi connectivity index (χ3v) is 5.63. The molecular weight excluding hydrogens is 346 g/mol. The lowest BCUT2D eigenvalue weighted by Crippen LogP contribution is -1.98. The first-order valence-electron chi connectivity index (χ1n) is 6.74. The highest BCUT2D eigenvalue weighted by Crippen LogP contribution is 2.43. The molecule has 1 heterocycles. The van der Waals surface area contributed by atoms with Crippen LogP contribution < -0.4 is 0 Å². The Morgan fingerprint density at radius 2 is 1.90 bits per heavy atom. The first kappa shape index (κ1) is 13.2. The summed E-state index contributed by atoms with van der Waals surface area (Å²) in [6.45, 7) is 0. The lowest BCUT2D eigenvalue weighted by molar-refractivity contribution is 0.220. The fourth-order valence-electron chi connectivity index (χ4n) is 2.72. The fourth-order valence-corrected chi connectivity index (χ4v) is 4.33. The number of benzene rings is 2. The summed E-state index contributed by atoms with van der Waals surface area (Å²) in [4.78, 5) is 5.94. The second-order valence-electron chi connectivity index (χ2n) is 5.08. The summed E-state index contributed by atoms with van der Waals surface area (Å²) in [5.41, 5.74) is 4.40. The Labute approximate surface area is 135 Å². The number of aromatic nitrogens is 1. The van der Waals surface area contributed by atoms with Crippen molar-refractivity contribution < 1.29 is 5.11 Å². The molecule has 21 heavy (non-hydrogen) atoms. The standard InChI is InChI=1S/C17H12BrNOS/c18-13-8-4-7-11-12(13)9-14-15(11)19-17(21-14)16(20)10-5-2-1-3-6-10/h1-8,16,20H,9H2. The number of aliphatic hydroxyl groups excluding tert-OH is 1. The molecule has 0 aliphatic heterocycles. The summed E-state index contributed by atoms with van der Waals surface area (Å²) in [6.07, 6.45) is 0.253. The molecule has 0 fully saturated rings. The van der Waals surface area contributed by atoms with Crippen LogP contribution in [0.4, 0.5) is 0 Å². The van der Waals surface area contributed by atoms with Crippen molar-refractivity contribution in [3.63, 3.8) is 0 Å². The van der Waals surface area contributed by atoms with E-state index in [9.17, 15) is 5.11 Å². The molecule has 1 aromatic heterocycles. The summed E-state index contributed by atoms with van der Waals surface area (Å²) >= 11 is 5.21. The maximum Gasteiger partial charge on any atom is 0.131 e. The van der Waals surface area contributed by atoms with Gasteiger partial charge in [-0.2, -0.15) is 0 Å². The van der Waals surface area contributed by atoms with Crippen LogP contribution in [0, 0.1) is 0 Å². The van der Waals surface area contributed by atoms with Crippen LogP contribution in [0.25, 0.3) is 11.3 Å². The molecule has 1 unspecified atom stereocenters. The first-order valence-corrected chi connectivity index (χ1v) is 8.35. The topological polar surface area (TPSA) is 33.1 Å². The lowest BCUT2D eigenvalue weighted by Gasteiger charge is -2.08. The summed E-state index contributed by atoms with van der Waals surface area (Å²) in [5.74, 6) is 0. The molecular formula is C17H12BrNOS. The number of fused-ring (bicyclic) bond motifs is 3. The normalized spacial score (nSPS) is 13.8. The second-order valence-corrected chi connectivity index (χ2v) is 7.05. The quantitative estimate of drug-likeness (QED) is 0.570. The minimum Gasteiger partial charge on any atom is -0.381 e. The van der Waals surface area contributed by atoms with Crippen molar-refractivity contribution in [1.29, 1.82) is 0 Å². The molecule has 0 saturated heterocycles. The third-order valence-electron chi connectivity index (χ3n) is 3.77. The van der Waals surface area contributed by atoms with Crippen molar-refractivity contribution in [2.24, 2.45) is 0 Å². The molecule has 1 aliphatic carbocycles. The number of hydrogen-bond donors (Lipinski definition) is 1. The summed E-state index contributed by atoms with van der Waals surface area (Å²) in [7, 11) is 0. The number of nitrogens with zero attached hydrogens (tertiary/aromatic N) is 1. The Hall–Kier alpha value is -1.49. The molecule has 104 valence electrons. The van der Waals surface area contributed by atoms with E-state index in [0.717, 1.165) is 27.2 Å². The van der Waals surface area contributed by atoms with Gasteiger partial charge >= 0.3 is 0 Å². The van der Waals surface area contributed by atoms with Gasteiger partial charge in [0.1, 0.15) is 11.1 Å². The molecule has 0 saturated carbocycles. The van der Waals surface area contributed by atoms with Crippen LogP contribution in [0.5, 0.6) is 0 Å². The average Bonchev–Trinajstić information content (AvgIpc) is 3.07. The van der Waals surface area contributed by atoms with Crippen LogP contribution in [-0.2, 0) is 6.42 Å². The van der Waals surface area contributed by atoms with Crippen molar-refractivity contribution in [2.75, 3.05) is 0 Å². The summed E-state index contributed by atoms with van der Waals surface area (Å²) in [5, 5.41) is 11.3. The van der Waals surface area contributed by atoms with E-state index in [4.69, 9.17) is 4.98 Å². The van der Waals surface area contributed by atoms with E-state index in [1.807, 2.05) is 36.4 Å². The first-order chi connectivity index (χ1) is 10.2. The second kappa shape index (κ2) is 5.05. The maximum atomic E-state index is 10.5. The van der Waals surface area contributed by atoms with Crippen molar-refractivity contribution in [2.45, 2.75) is 12.5 Å². The van der Waals surface area contributed by atoms with Crippen LogP contribution in [0.2, 0.25) is 0 Å². The highest BCUT2D eigenvalue weighted by molar-refractivity contribution is 9.10. The Kier molecular flexibility index (Phi) is 3.17. The van der Waals surface area contributed by atoms with Crippen molar-refractivity contribution >= 4 is 27.3 Å². The van der Waals surface area contributed by atoms with Gasteiger partial charge in [0.05, 0.1) is 5.69 Å². The van der Waals surface area contributed by atoms with Crippen LogP contribution >= 0.6 is 27.3 Å². The van der Waals surface area contributed by atoms with E-state index in [1.165, 1.54) is 16.0 Å². The Balaban J connectivity index is 1.76. The highest BCUT2D eigenvalue weighted by atomic mass is 79.9. The molecule has 0 bridgehead atoms. The van der Waals surface area contributed by atoms with Gasteiger partial charge in [-0.05, 0) is 17.2 Å². The van der Waals surface area contributed by atoms with E-state index in [-0.39, 0.29) is 0 Å². The van der Waals surface area contributed by atoms with Gasteiger partial charge in [0.2, 0.25) is 0 Å². The van der Waals surface area contributed by atoms with Gasteiger partial charge in [-0.3, -0.25) is 0 Å². The van der Waals surface area contributed by atoms with Crippen LogP contribution in [-0.4, -0.2) is 10.1 Å². The number of aliphatic hydroxyl groups is 1. The molecule has 0 amide bonds. The van der Waals surface area contributed by atoms with Crippen LogP contribution in [0.15, 0.2) is 53.0 Å². The van der Waals surface area contributed by atoms with E-state index in [2.05, 4.69) is 28.1 Å². The van der Waals surface area contributed by atoms with E-state index >= 15 is 0 Å². The zero-order chi connectivity index (χ0) is 14.4. The minimum atomic E-state index is -0.641. The highest BCUT2D eigenvalue weighted by Gasteiger charge is 2.27. The summed E-state index contributed by atoms with van der Waals surface area (Å²) in [6, 6.07) is 15.9. The molecule has 3 aromatic rings. The molecule has 1 N–H and O–H groups in total. The molecule has 0 radical (unpaired) electrons. The average molecular weight is 358 g/mol. The predicted octanol–water partition coefficient (Wildman–Crippen LogP) is 4.56. The van der Waals surface area contributed by atoms with Gasteiger partial charge in [-0.25, -0.2) is 4.98 Å². The van der Waals surface area contributed by atoms with Crippen molar-refractivity contribution in [3.8, 4) is 11.3 Å². The Bertz CT molecular complexity index is 813. The monoisotopic (exact) mass is 357 g/mol. The van der Waals surface area contributed by atoms with Gasteiger partial charge in [-0.1, -0.05) is 58.4 Å². The third kappa shape index (κ3) is 2.14. The van der Waals surface area contributed by atoms with Gasteiger partial charge in [0.15, 0.2) is 0 Å². The van der Waals surface area contributed by atoms with E-state index < -0.39 is 6.10 Å². The van der Waals surface area contributed by atoms with Crippen molar-refractivity contribution in [1.82, 2.24) is 4.98 Å². The molecule has 4 rings (SSSR count). The molecule has 2 aromatic carbocycles. The predicted molar refractivity (Wildman–Crippen MR) is 88.6 cm³/mol. The molecule has 0 spiro atoms. The zero-order valence-corrected chi connectivity index (χ0v) is 13.5. The van der Waals surface area contributed by atoms with E-state index in [1.54, 1.807) is 11.3 Å². The maximum absolute atomic E-state index is 10.5. The minimum absolute atomic E-state index is 0.641. The zero-order valence-electron chi connectivity index (χ0n) is 11.1. The van der Waals surface area contributed by atoms with Gasteiger partial charge in [0.25, 0.3) is 0 Å². The number of hydrogen-bond acceptors (Lipinski definition) is 3. The van der Waals surface area contributed by atoms with Crippen molar-refractivity contribution in [3.05, 3.63) is 74.0 Å². The van der Waals surface area contributed by atoms with Gasteiger partial charge in [-0.15, -0.1) is 11.3 Å². The molecule has 4 heteroatoms. The van der Waals surface area contributed by atoms with Gasteiger partial charge < -0.3 is 5.11 Å². The van der Waals surface area contributed by atoms with Crippen LogP contribution in [0.1, 0.15) is 27.1 Å². The molecule has 2 nitrogen and oxygen atoms in total. The number of halogens is 1.